The van der Waals surface area contributed by atoms with Crippen molar-refractivity contribution in [3.63, 3.8) is 0 Å². The Morgan fingerprint density at radius 1 is 0.906 bits per heavy atom. The van der Waals surface area contributed by atoms with Gasteiger partial charge in [-0.15, -0.1) is 11.3 Å². The molecule has 7 heteroatoms. The third kappa shape index (κ3) is 6.03. The number of fused-ring (bicyclic) bond motifs is 1. The second-order valence-electron chi connectivity index (χ2n) is 7.39. The third-order valence-electron chi connectivity index (χ3n) is 4.70. The van der Waals surface area contributed by atoms with Gasteiger partial charge < -0.3 is 4.74 Å². The van der Waals surface area contributed by atoms with Gasteiger partial charge in [0.2, 0.25) is 0 Å². The first-order chi connectivity index (χ1) is 15.4. The fourth-order valence-corrected chi connectivity index (χ4v) is 4.54. The molecule has 0 spiro atoms. The maximum absolute atomic E-state index is 10.9. The molecule has 0 aliphatic carbocycles. The molecule has 0 unspecified atom stereocenters. The molecule has 0 atom stereocenters. The topological polar surface area (TPSA) is 65.5 Å². The Morgan fingerprint density at radius 2 is 1.56 bits per heavy atom. The lowest BCUT2D eigenvalue weighted by molar-refractivity contribution is 0.222. The van der Waals surface area contributed by atoms with Gasteiger partial charge in [0.1, 0.15) is 24.0 Å². The van der Waals surface area contributed by atoms with Crippen LogP contribution in [-0.2, 0) is 14.3 Å². The molecule has 32 heavy (non-hydrogen) atoms. The number of nitrogens with zero attached hydrogens (tertiary/aromatic N) is 1. The number of aromatic nitrogens is 1. The summed E-state index contributed by atoms with van der Waals surface area (Å²) < 4.78 is 33.2. The third-order valence-corrected chi connectivity index (χ3v) is 6.36. The van der Waals surface area contributed by atoms with Gasteiger partial charge >= 0.3 is 0 Å². The zero-order valence-corrected chi connectivity index (χ0v) is 19.4. The summed E-state index contributed by atoms with van der Waals surface area (Å²) in [4.78, 5) is 4.75. The molecular formula is C25H23NO4S2. The Morgan fingerprint density at radius 3 is 2.22 bits per heavy atom. The highest BCUT2D eigenvalue weighted by molar-refractivity contribution is 7.85. The maximum Gasteiger partial charge on any atom is 0.264 e. The molecule has 0 aliphatic rings. The van der Waals surface area contributed by atoms with E-state index in [0.717, 1.165) is 33.5 Å². The number of thiazole rings is 1. The van der Waals surface area contributed by atoms with Crippen molar-refractivity contribution in [1.82, 2.24) is 4.98 Å². The summed E-state index contributed by atoms with van der Waals surface area (Å²) in [6.07, 6.45) is 5.11. The predicted molar refractivity (Wildman–Crippen MR) is 131 cm³/mol. The Hall–Kier alpha value is -3.00. The standard InChI is InChI=1S/C25H23NO4S2/c1-18-3-14-23-24(17-18)31-25(26-23)21-10-6-19(7-11-21)4-5-20-8-12-22(13-9-20)29-15-16-30-32(2,27)28/h3-14,17H,15-16H2,1-2H3/b5-4+. The van der Waals surface area contributed by atoms with Crippen LogP contribution >= 0.6 is 11.3 Å². The van der Waals surface area contributed by atoms with E-state index < -0.39 is 10.1 Å². The van der Waals surface area contributed by atoms with Gasteiger partial charge in [-0.3, -0.25) is 4.18 Å². The van der Waals surface area contributed by atoms with Gasteiger partial charge in [0, 0.05) is 5.56 Å². The van der Waals surface area contributed by atoms with Gasteiger partial charge in [-0.25, -0.2) is 4.98 Å². The van der Waals surface area contributed by atoms with E-state index in [-0.39, 0.29) is 13.2 Å². The predicted octanol–water partition coefficient (Wildman–Crippen LogP) is 5.80. The number of ether oxygens (including phenoxy) is 1. The number of aryl methyl sites for hydroxylation is 1. The van der Waals surface area contributed by atoms with Crippen LogP contribution in [0.5, 0.6) is 5.75 Å². The summed E-state index contributed by atoms with van der Waals surface area (Å²) in [6, 6.07) is 22.3. The van der Waals surface area contributed by atoms with E-state index in [1.54, 1.807) is 11.3 Å². The van der Waals surface area contributed by atoms with Crippen LogP contribution in [0.25, 0.3) is 32.9 Å². The molecule has 1 heterocycles. The van der Waals surface area contributed by atoms with E-state index in [9.17, 15) is 8.42 Å². The Balaban J connectivity index is 1.36. The second kappa shape index (κ2) is 9.65. The molecule has 5 nitrogen and oxygen atoms in total. The first-order valence-corrected chi connectivity index (χ1v) is 12.7. The first kappa shape index (κ1) is 22.2. The van der Waals surface area contributed by atoms with E-state index in [1.165, 1.54) is 10.3 Å². The maximum atomic E-state index is 10.9. The lowest BCUT2D eigenvalue weighted by Crippen LogP contribution is -2.11. The van der Waals surface area contributed by atoms with Crippen molar-refractivity contribution in [3.8, 4) is 16.3 Å². The van der Waals surface area contributed by atoms with Crippen LogP contribution in [0.4, 0.5) is 0 Å². The van der Waals surface area contributed by atoms with E-state index in [0.29, 0.717) is 5.75 Å². The normalized spacial score (nSPS) is 11.9. The van der Waals surface area contributed by atoms with Crippen molar-refractivity contribution >= 4 is 43.8 Å². The van der Waals surface area contributed by atoms with E-state index in [4.69, 9.17) is 9.72 Å². The molecule has 4 rings (SSSR count). The number of hydrogen-bond acceptors (Lipinski definition) is 6. The number of hydrogen-bond donors (Lipinski definition) is 0. The highest BCUT2D eigenvalue weighted by Gasteiger charge is 2.06. The summed E-state index contributed by atoms with van der Waals surface area (Å²) in [7, 11) is -3.44. The largest absolute Gasteiger partial charge is 0.491 e. The highest BCUT2D eigenvalue weighted by Crippen LogP contribution is 2.31. The fraction of sp³-hybridized carbons (Fsp3) is 0.160. The van der Waals surface area contributed by atoms with Gasteiger partial charge in [-0.05, 0) is 47.9 Å². The smallest absolute Gasteiger partial charge is 0.264 e. The SMILES string of the molecule is Cc1ccc2nc(-c3ccc(/C=C/c4ccc(OCCOS(C)(=O)=O)cc4)cc3)sc2c1. The van der Waals surface area contributed by atoms with Gasteiger partial charge in [-0.2, -0.15) is 8.42 Å². The monoisotopic (exact) mass is 465 g/mol. The Kier molecular flexibility index (Phi) is 6.69. The van der Waals surface area contributed by atoms with Crippen LogP contribution in [0.1, 0.15) is 16.7 Å². The molecule has 0 saturated carbocycles. The second-order valence-corrected chi connectivity index (χ2v) is 10.1. The molecule has 164 valence electrons. The van der Waals surface area contributed by atoms with Gasteiger partial charge in [0.05, 0.1) is 16.5 Å². The van der Waals surface area contributed by atoms with Crippen LogP contribution in [-0.4, -0.2) is 32.9 Å². The van der Waals surface area contributed by atoms with Crippen LogP contribution in [0.15, 0.2) is 66.7 Å². The lowest BCUT2D eigenvalue weighted by Gasteiger charge is -2.06. The molecular weight excluding hydrogens is 442 g/mol. The number of rotatable bonds is 8. The summed E-state index contributed by atoms with van der Waals surface area (Å²) in [5.74, 6) is 0.662. The average molecular weight is 466 g/mol. The van der Waals surface area contributed by atoms with Crippen molar-refractivity contribution in [2.45, 2.75) is 6.92 Å². The van der Waals surface area contributed by atoms with Gasteiger partial charge in [0.25, 0.3) is 10.1 Å². The van der Waals surface area contributed by atoms with E-state index in [1.807, 2.05) is 30.3 Å². The van der Waals surface area contributed by atoms with E-state index in [2.05, 4.69) is 59.6 Å². The van der Waals surface area contributed by atoms with E-state index >= 15 is 0 Å². The Labute approximate surface area is 192 Å². The van der Waals surface area contributed by atoms with Crippen molar-refractivity contribution in [2.24, 2.45) is 0 Å². The van der Waals surface area contributed by atoms with Crippen LogP contribution in [0.3, 0.4) is 0 Å². The molecule has 0 N–H and O–H groups in total. The molecule has 0 saturated heterocycles. The Bertz CT molecular complexity index is 1340. The number of benzene rings is 3. The average Bonchev–Trinajstić information content (AvgIpc) is 3.19. The summed E-state index contributed by atoms with van der Waals surface area (Å²) >= 11 is 1.71. The van der Waals surface area contributed by atoms with Crippen LogP contribution in [0, 0.1) is 6.92 Å². The molecule has 0 bridgehead atoms. The van der Waals surface area contributed by atoms with Crippen molar-refractivity contribution in [1.29, 1.82) is 0 Å². The lowest BCUT2D eigenvalue weighted by atomic mass is 10.1. The van der Waals surface area contributed by atoms with Crippen molar-refractivity contribution in [3.05, 3.63) is 83.4 Å². The molecule has 0 fully saturated rings. The zero-order chi connectivity index (χ0) is 22.6. The van der Waals surface area contributed by atoms with Crippen molar-refractivity contribution < 1.29 is 17.3 Å². The van der Waals surface area contributed by atoms with Crippen LogP contribution in [0.2, 0.25) is 0 Å². The van der Waals surface area contributed by atoms with Crippen molar-refractivity contribution in [2.75, 3.05) is 19.5 Å². The van der Waals surface area contributed by atoms with Crippen LogP contribution < -0.4 is 4.74 Å². The molecule has 1 aromatic heterocycles. The minimum Gasteiger partial charge on any atom is -0.491 e. The molecule has 3 aromatic carbocycles. The van der Waals surface area contributed by atoms with Gasteiger partial charge in [0.15, 0.2) is 0 Å². The minimum atomic E-state index is -3.44. The zero-order valence-electron chi connectivity index (χ0n) is 17.8. The molecule has 4 aromatic rings. The molecule has 0 radical (unpaired) electrons. The quantitative estimate of drug-likeness (QED) is 0.187. The fourth-order valence-electron chi connectivity index (χ4n) is 3.10. The minimum absolute atomic E-state index is 0.00680. The molecule has 0 aliphatic heterocycles. The molecule has 0 amide bonds. The van der Waals surface area contributed by atoms with Gasteiger partial charge in [-0.1, -0.05) is 54.6 Å². The first-order valence-electron chi connectivity index (χ1n) is 10.1. The summed E-state index contributed by atoms with van der Waals surface area (Å²) in [5, 5.41) is 1.03. The highest BCUT2D eigenvalue weighted by atomic mass is 32.2. The summed E-state index contributed by atoms with van der Waals surface area (Å²) in [5.41, 5.74) is 5.53. The summed E-state index contributed by atoms with van der Waals surface area (Å²) in [6.45, 7) is 2.26.